The third-order valence-corrected chi connectivity index (χ3v) is 3.30. The lowest BCUT2D eigenvalue weighted by Crippen LogP contribution is -2.43. The summed E-state index contributed by atoms with van der Waals surface area (Å²) in [6, 6.07) is 5.57. The highest BCUT2D eigenvalue weighted by Gasteiger charge is 2.08. The topological polar surface area (TPSA) is 105 Å². The smallest absolute Gasteiger partial charge is 0.328 e. The standard InChI is InChI=1S/C15H17BrN2O5/c1-9(2)10-3-4-12(11(16)7-10)23-8-14(20)18-17-13(19)5-6-15(21)22/h3-7,9H,8H2,1-2H3,(H,17,19)(H,18,20)(H,21,22)/b6-5+. The Kier molecular flexibility index (Phi) is 7.27. The van der Waals surface area contributed by atoms with Crippen LogP contribution in [0, 0.1) is 0 Å². The van der Waals surface area contributed by atoms with Gasteiger partial charge in [-0.25, -0.2) is 4.79 Å². The van der Waals surface area contributed by atoms with Crippen molar-refractivity contribution in [3.8, 4) is 5.75 Å². The average molecular weight is 385 g/mol. The van der Waals surface area contributed by atoms with Gasteiger partial charge in [-0.3, -0.25) is 20.4 Å². The summed E-state index contributed by atoms with van der Waals surface area (Å²) < 4.78 is 6.07. The highest BCUT2D eigenvalue weighted by atomic mass is 79.9. The molecule has 0 spiro atoms. The second kappa shape index (κ2) is 8.94. The Bertz CT molecular complexity index is 628. The third kappa shape index (κ3) is 6.96. The van der Waals surface area contributed by atoms with Gasteiger partial charge in [-0.05, 0) is 39.5 Å². The van der Waals surface area contributed by atoms with E-state index in [-0.39, 0.29) is 6.61 Å². The molecular formula is C15H17BrN2O5. The Hall–Kier alpha value is -2.35. The summed E-state index contributed by atoms with van der Waals surface area (Å²) in [7, 11) is 0. The molecule has 0 aliphatic carbocycles. The van der Waals surface area contributed by atoms with Crippen LogP contribution < -0.4 is 15.6 Å². The van der Waals surface area contributed by atoms with Crippen molar-refractivity contribution in [1.82, 2.24) is 10.9 Å². The summed E-state index contributed by atoms with van der Waals surface area (Å²) in [5.41, 5.74) is 5.27. The van der Waals surface area contributed by atoms with Crippen LogP contribution in [-0.4, -0.2) is 29.5 Å². The zero-order valence-corrected chi connectivity index (χ0v) is 14.2. The molecule has 0 aliphatic heterocycles. The maximum absolute atomic E-state index is 11.5. The molecule has 124 valence electrons. The van der Waals surface area contributed by atoms with Crippen LogP contribution in [0.5, 0.6) is 5.75 Å². The maximum atomic E-state index is 11.5. The summed E-state index contributed by atoms with van der Waals surface area (Å²) in [5.74, 6) is -1.73. The first-order valence-corrected chi connectivity index (χ1v) is 7.51. The van der Waals surface area contributed by atoms with Gasteiger partial charge in [0.05, 0.1) is 4.47 Å². The molecule has 0 aliphatic rings. The van der Waals surface area contributed by atoms with Crippen LogP contribution in [0.3, 0.4) is 0 Å². The number of amides is 2. The van der Waals surface area contributed by atoms with Gasteiger partial charge in [0, 0.05) is 12.2 Å². The largest absolute Gasteiger partial charge is 0.483 e. The Balaban J connectivity index is 2.44. The Morgan fingerprint density at radius 2 is 1.96 bits per heavy atom. The predicted molar refractivity (Wildman–Crippen MR) is 86.8 cm³/mol. The fourth-order valence-corrected chi connectivity index (χ4v) is 2.00. The van der Waals surface area contributed by atoms with Gasteiger partial charge < -0.3 is 9.84 Å². The average Bonchev–Trinajstić information content (AvgIpc) is 2.49. The molecule has 7 nitrogen and oxygen atoms in total. The molecule has 3 N–H and O–H groups in total. The summed E-state index contributed by atoms with van der Waals surface area (Å²) in [4.78, 5) is 32.9. The number of nitrogens with one attached hydrogen (secondary N) is 2. The number of carbonyl (C=O) groups is 3. The zero-order chi connectivity index (χ0) is 17.4. The molecule has 0 fully saturated rings. The number of hydrazine groups is 1. The van der Waals surface area contributed by atoms with E-state index < -0.39 is 17.8 Å². The molecule has 0 saturated heterocycles. The van der Waals surface area contributed by atoms with Gasteiger partial charge >= 0.3 is 5.97 Å². The molecule has 2 amide bonds. The molecule has 1 aromatic rings. The SMILES string of the molecule is CC(C)c1ccc(OCC(=O)NNC(=O)/C=C/C(=O)O)c(Br)c1. The second-order valence-electron chi connectivity index (χ2n) is 4.84. The lowest BCUT2D eigenvalue weighted by atomic mass is 10.0. The van der Waals surface area contributed by atoms with E-state index in [0.717, 1.165) is 16.1 Å². The molecule has 1 rings (SSSR count). The molecule has 1 aromatic carbocycles. The van der Waals surface area contributed by atoms with Crippen LogP contribution in [0.2, 0.25) is 0 Å². The van der Waals surface area contributed by atoms with Crippen LogP contribution in [-0.2, 0) is 14.4 Å². The van der Waals surface area contributed by atoms with Crippen molar-refractivity contribution in [1.29, 1.82) is 0 Å². The Morgan fingerprint density at radius 3 is 2.52 bits per heavy atom. The normalized spacial score (nSPS) is 10.6. The molecule has 0 unspecified atom stereocenters. The minimum absolute atomic E-state index is 0.303. The van der Waals surface area contributed by atoms with Crippen molar-refractivity contribution in [2.45, 2.75) is 19.8 Å². The first-order valence-electron chi connectivity index (χ1n) is 6.71. The number of hydrogen-bond acceptors (Lipinski definition) is 4. The number of halogens is 1. The fraction of sp³-hybridized carbons (Fsp3) is 0.267. The summed E-state index contributed by atoms with van der Waals surface area (Å²) in [5, 5.41) is 8.35. The number of ether oxygens (including phenoxy) is 1. The van der Waals surface area contributed by atoms with Gasteiger partial charge in [0.25, 0.3) is 11.8 Å². The fourth-order valence-electron chi connectivity index (χ4n) is 1.49. The van der Waals surface area contributed by atoms with Gasteiger partial charge in [0.15, 0.2) is 6.61 Å². The molecule has 23 heavy (non-hydrogen) atoms. The van der Waals surface area contributed by atoms with Crippen LogP contribution >= 0.6 is 15.9 Å². The minimum atomic E-state index is -1.26. The zero-order valence-electron chi connectivity index (χ0n) is 12.6. The summed E-state index contributed by atoms with van der Waals surface area (Å²) in [6.45, 7) is 3.83. The number of carboxylic acids is 1. The Morgan fingerprint density at radius 1 is 1.26 bits per heavy atom. The van der Waals surface area contributed by atoms with Crippen molar-refractivity contribution in [3.05, 3.63) is 40.4 Å². The number of aliphatic carboxylic acids is 1. The van der Waals surface area contributed by atoms with Crippen molar-refractivity contribution >= 4 is 33.7 Å². The van der Waals surface area contributed by atoms with Gasteiger partial charge in [-0.15, -0.1) is 0 Å². The maximum Gasteiger partial charge on any atom is 0.328 e. The number of carbonyl (C=O) groups excluding carboxylic acids is 2. The molecule has 8 heteroatoms. The van der Waals surface area contributed by atoms with E-state index in [1.54, 1.807) is 6.07 Å². The van der Waals surface area contributed by atoms with Crippen molar-refractivity contribution in [2.75, 3.05) is 6.61 Å². The van der Waals surface area contributed by atoms with E-state index in [1.807, 2.05) is 17.6 Å². The first kappa shape index (κ1) is 18.7. The number of carboxylic acid groups (broad SMARTS) is 1. The molecule has 0 aromatic heterocycles. The van der Waals surface area contributed by atoms with E-state index in [1.165, 1.54) is 0 Å². The van der Waals surface area contributed by atoms with E-state index in [2.05, 4.69) is 35.2 Å². The van der Waals surface area contributed by atoms with Crippen LogP contribution in [0.25, 0.3) is 0 Å². The van der Waals surface area contributed by atoms with E-state index in [0.29, 0.717) is 17.7 Å². The lowest BCUT2D eigenvalue weighted by molar-refractivity contribution is -0.131. The second-order valence-corrected chi connectivity index (χ2v) is 5.70. The van der Waals surface area contributed by atoms with Crippen LogP contribution in [0.15, 0.2) is 34.8 Å². The van der Waals surface area contributed by atoms with E-state index in [9.17, 15) is 14.4 Å². The molecule has 0 saturated carbocycles. The minimum Gasteiger partial charge on any atom is -0.483 e. The number of hydrogen-bond donors (Lipinski definition) is 3. The van der Waals surface area contributed by atoms with Crippen molar-refractivity contribution < 1.29 is 24.2 Å². The molecule has 0 heterocycles. The highest BCUT2D eigenvalue weighted by Crippen LogP contribution is 2.28. The van der Waals surface area contributed by atoms with Crippen molar-refractivity contribution in [3.63, 3.8) is 0 Å². The quantitative estimate of drug-likeness (QED) is 0.511. The number of rotatable bonds is 6. The van der Waals surface area contributed by atoms with Gasteiger partial charge in [-0.1, -0.05) is 19.9 Å². The van der Waals surface area contributed by atoms with Crippen LogP contribution in [0.4, 0.5) is 0 Å². The molecule has 0 radical (unpaired) electrons. The molecule has 0 atom stereocenters. The van der Waals surface area contributed by atoms with Gasteiger partial charge in [-0.2, -0.15) is 0 Å². The predicted octanol–water partition coefficient (Wildman–Crippen LogP) is 1.74. The van der Waals surface area contributed by atoms with Crippen molar-refractivity contribution in [2.24, 2.45) is 0 Å². The van der Waals surface area contributed by atoms with E-state index >= 15 is 0 Å². The lowest BCUT2D eigenvalue weighted by Gasteiger charge is -2.11. The Labute approximate surface area is 141 Å². The first-order chi connectivity index (χ1) is 10.8. The molecule has 0 bridgehead atoms. The third-order valence-electron chi connectivity index (χ3n) is 2.68. The molecular weight excluding hydrogens is 368 g/mol. The summed E-state index contributed by atoms with van der Waals surface area (Å²) >= 11 is 3.37. The van der Waals surface area contributed by atoms with Gasteiger partial charge in [0.2, 0.25) is 0 Å². The highest BCUT2D eigenvalue weighted by molar-refractivity contribution is 9.10. The monoisotopic (exact) mass is 384 g/mol. The van der Waals surface area contributed by atoms with Crippen LogP contribution in [0.1, 0.15) is 25.3 Å². The van der Waals surface area contributed by atoms with E-state index in [4.69, 9.17) is 9.84 Å². The number of benzene rings is 1. The van der Waals surface area contributed by atoms with Gasteiger partial charge in [0.1, 0.15) is 5.75 Å². The summed E-state index contributed by atoms with van der Waals surface area (Å²) in [6.07, 6.45) is 1.44.